The van der Waals surface area contributed by atoms with Crippen LogP contribution >= 0.6 is 0 Å². The normalized spacial score (nSPS) is 12.6. The quantitative estimate of drug-likeness (QED) is 0.780. The average molecular weight is 263 g/mol. The molecule has 19 heavy (non-hydrogen) atoms. The smallest absolute Gasteiger partial charge is 0.303 e. The number of hydrogen-bond acceptors (Lipinski definition) is 2. The van der Waals surface area contributed by atoms with E-state index in [0.717, 1.165) is 19.4 Å². The second-order valence-corrected chi connectivity index (χ2v) is 5.00. The number of carbonyl (C=O) groups is 1. The fourth-order valence-electron chi connectivity index (χ4n) is 2.41. The summed E-state index contributed by atoms with van der Waals surface area (Å²) in [5, 5.41) is 8.68. The molecule has 1 atom stereocenters. The van der Waals surface area contributed by atoms with Gasteiger partial charge in [-0.05, 0) is 44.0 Å². The van der Waals surface area contributed by atoms with Crippen LogP contribution < -0.4 is 0 Å². The molecule has 0 aliphatic heterocycles. The molecule has 0 radical (unpaired) electrons. The molecule has 0 amide bonds. The summed E-state index contributed by atoms with van der Waals surface area (Å²) in [6.45, 7) is 5.15. The van der Waals surface area contributed by atoms with Gasteiger partial charge in [0.15, 0.2) is 0 Å². The van der Waals surface area contributed by atoms with Crippen LogP contribution in [0.25, 0.3) is 0 Å². The zero-order valence-corrected chi connectivity index (χ0v) is 12.2. The summed E-state index contributed by atoms with van der Waals surface area (Å²) < 4.78 is 0. The van der Waals surface area contributed by atoms with Crippen LogP contribution in [-0.2, 0) is 11.2 Å². The van der Waals surface area contributed by atoms with Gasteiger partial charge in [0, 0.05) is 12.5 Å². The predicted octanol–water partition coefficient (Wildman–Crippen LogP) is 3.50. The van der Waals surface area contributed by atoms with Crippen molar-refractivity contribution in [2.75, 3.05) is 13.6 Å². The van der Waals surface area contributed by atoms with Gasteiger partial charge in [-0.1, -0.05) is 38.1 Å². The Labute approximate surface area is 116 Å². The van der Waals surface area contributed by atoms with Crippen LogP contribution in [0, 0.1) is 0 Å². The topological polar surface area (TPSA) is 40.5 Å². The molecule has 0 spiro atoms. The summed E-state index contributed by atoms with van der Waals surface area (Å²) in [6, 6.07) is 9.13. The van der Waals surface area contributed by atoms with Crippen LogP contribution in [0.5, 0.6) is 0 Å². The minimum Gasteiger partial charge on any atom is -0.481 e. The van der Waals surface area contributed by atoms with E-state index in [1.807, 2.05) is 0 Å². The molecule has 1 aromatic carbocycles. The molecule has 0 fully saturated rings. The van der Waals surface area contributed by atoms with Crippen molar-refractivity contribution in [2.24, 2.45) is 0 Å². The maximum atomic E-state index is 10.5. The summed E-state index contributed by atoms with van der Waals surface area (Å²) in [6.07, 6.45) is 3.05. The highest BCUT2D eigenvalue weighted by molar-refractivity contribution is 5.66. The molecule has 1 aromatic rings. The molecule has 0 saturated heterocycles. The van der Waals surface area contributed by atoms with Gasteiger partial charge in [-0.3, -0.25) is 9.69 Å². The summed E-state index contributed by atoms with van der Waals surface area (Å²) >= 11 is 0. The highest BCUT2D eigenvalue weighted by atomic mass is 16.4. The molecule has 0 aliphatic rings. The SMILES string of the molecule is CCc1ccc(C(CC)N(C)CCCC(=O)O)cc1. The number of carboxylic acid groups (broad SMARTS) is 1. The number of rotatable bonds is 8. The summed E-state index contributed by atoms with van der Waals surface area (Å²) in [7, 11) is 2.07. The van der Waals surface area contributed by atoms with Crippen LogP contribution in [-0.4, -0.2) is 29.6 Å². The molecular formula is C16H25NO2. The Morgan fingerprint density at radius 3 is 2.37 bits per heavy atom. The maximum Gasteiger partial charge on any atom is 0.303 e. The van der Waals surface area contributed by atoms with Gasteiger partial charge < -0.3 is 5.11 Å². The molecule has 0 aromatic heterocycles. The Morgan fingerprint density at radius 2 is 1.89 bits per heavy atom. The van der Waals surface area contributed by atoms with Gasteiger partial charge in [-0.15, -0.1) is 0 Å². The molecule has 0 heterocycles. The lowest BCUT2D eigenvalue weighted by atomic mass is 10.0. The monoisotopic (exact) mass is 263 g/mol. The van der Waals surface area contributed by atoms with Gasteiger partial charge in [0.1, 0.15) is 0 Å². The van der Waals surface area contributed by atoms with Gasteiger partial charge in [-0.2, -0.15) is 0 Å². The minimum absolute atomic E-state index is 0.246. The average Bonchev–Trinajstić information content (AvgIpc) is 2.40. The van der Waals surface area contributed by atoms with E-state index >= 15 is 0 Å². The molecule has 0 saturated carbocycles. The second kappa shape index (κ2) is 7.95. The lowest BCUT2D eigenvalue weighted by Crippen LogP contribution is -2.25. The molecular weight excluding hydrogens is 238 g/mol. The van der Waals surface area contributed by atoms with E-state index in [1.165, 1.54) is 11.1 Å². The molecule has 1 N–H and O–H groups in total. The van der Waals surface area contributed by atoms with Crippen LogP contribution in [0.3, 0.4) is 0 Å². The number of aryl methyl sites for hydroxylation is 1. The Bertz CT molecular complexity index is 386. The summed E-state index contributed by atoms with van der Waals surface area (Å²) in [4.78, 5) is 12.8. The number of carboxylic acids is 1. The number of hydrogen-bond donors (Lipinski definition) is 1. The van der Waals surface area contributed by atoms with Gasteiger partial charge in [0.25, 0.3) is 0 Å². The van der Waals surface area contributed by atoms with Gasteiger partial charge in [0.2, 0.25) is 0 Å². The predicted molar refractivity (Wildman–Crippen MR) is 78.4 cm³/mol. The first-order chi connectivity index (χ1) is 9.08. The van der Waals surface area contributed by atoms with E-state index in [4.69, 9.17) is 5.11 Å². The fourth-order valence-corrected chi connectivity index (χ4v) is 2.41. The molecule has 1 unspecified atom stereocenters. The molecule has 3 heteroatoms. The van der Waals surface area contributed by atoms with E-state index in [-0.39, 0.29) is 6.42 Å². The Balaban J connectivity index is 2.61. The highest BCUT2D eigenvalue weighted by Crippen LogP contribution is 2.23. The Morgan fingerprint density at radius 1 is 1.26 bits per heavy atom. The Hall–Kier alpha value is -1.35. The van der Waals surface area contributed by atoms with Crippen molar-refractivity contribution < 1.29 is 9.90 Å². The van der Waals surface area contributed by atoms with Crippen LogP contribution in [0.15, 0.2) is 24.3 Å². The lowest BCUT2D eigenvalue weighted by molar-refractivity contribution is -0.137. The van der Waals surface area contributed by atoms with Gasteiger partial charge in [0.05, 0.1) is 0 Å². The number of nitrogens with zero attached hydrogens (tertiary/aromatic N) is 1. The zero-order valence-electron chi connectivity index (χ0n) is 12.2. The van der Waals surface area contributed by atoms with Crippen LogP contribution in [0.1, 0.15) is 50.3 Å². The van der Waals surface area contributed by atoms with Gasteiger partial charge >= 0.3 is 5.97 Å². The van der Waals surface area contributed by atoms with E-state index in [9.17, 15) is 4.79 Å². The van der Waals surface area contributed by atoms with Crippen molar-refractivity contribution in [3.8, 4) is 0 Å². The first-order valence-corrected chi connectivity index (χ1v) is 7.09. The third kappa shape index (κ3) is 5.03. The van der Waals surface area contributed by atoms with E-state index in [1.54, 1.807) is 0 Å². The van der Waals surface area contributed by atoms with Crippen LogP contribution in [0.2, 0.25) is 0 Å². The van der Waals surface area contributed by atoms with Crippen molar-refractivity contribution in [1.82, 2.24) is 4.90 Å². The molecule has 0 bridgehead atoms. The first-order valence-electron chi connectivity index (χ1n) is 7.09. The molecule has 106 valence electrons. The van der Waals surface area contributed by atoms with Crippen molar-refractivity contribution in [3.05, 3.63) is 35.4 Å². The molecule has 0 aliphatic carbocycles. The standard InChI is InChI=1S/C16H25NO2/c1-4-13-8-10-14(11-9-13)15(5-2)17(3)12-6-7-16(18)19/h8-11,15H,4-7,12H2,1-3H3,(H,18,19). The lowest BCUT2D eigenvalue weighted by Gasteiger charge is -2.27. The van der Waals surface area contributed by atoms with E-state index < -0.39 is 5.97 Å². The number of aliphatic carboxylic acids is 1. The summed E-state index contributed by atoms with van der Waals surface area (Å²) in [5.74, 6) is -0.714. The van der Waals surface area contributed by atoms with Crippen molar-refractivity contribution in [3.63, 3.8) is 0 Å². The Kier molecular flexibility index (Phi) is 6.57. The number of benzene rings is 1. The fraction of sp³-hybridized carbons (Fsp3) is 0.562. The highest BCUT2D eigenvalue weighted by Gasteiger charge is 2.14. The van der Waals surface area contributed by atoms with Crippen molar-refractivity contribution in [2.45, 2.75) is 45.6 Å². The maximum absolute atomic E-state index is 10.5. The molecule has 3 nitrogen and oxygen atoms in total. The first kappa shape index (κ1) is 15.7. The summed E-state index contributed by atoms with van der Waals surface area (Å²) in [5.41, 5.74) is 2.67. The zero-order chi connectivity index (χ0) is 14.3. The van der Waals surface area contributed by atoms with Crippen molar-refractivity contribution in [1.29, 1.82) is 0 Å². The van der Waals surface area contributed by atoms with Crippen molar-refractivity contribution >= 4 is 5.97 Å². The largest absolute Gasteiger partial charge is 0.481 e. The minimum atomic E-state index is -0.714. The van der Waals surface area contributed by atoms with E-state index in [0.29, 0.717) is 12.5 Å². The molecule has 1 rings (SSSR count). The van der Waals surface area contributed by atoms with Gasteiger partial charge in [-0.25, -0.2) is 0 Å². The second-order valence-electron chi connectivity index (χ2n) is 5.00. The third-order valence-corrected chi connectivity index (χ3v) is 3.59. The van der Waals surface area contributed by atoms with E-state index in [2.05, 4.69) is 50.1 Å². The van der Waals surface area contributed by atoms with Crippen LogP contribution in [0.4, 0.5) is 0 Å². The third-order valence-electron chi connectivity index (χ3n) is 3.59.